The Bertz CT molecular complexity index is 390. The highest BCUT2D eigenvalue weighted by molar-refractivity contribution is 8.00. The molecule has 1 aromatic carbocycles. The number of hydrogen-bond acceptors (Lipinski definition) is 3. The molecule has 1 amide bonds. The first kappa shape index (κ1) is 14.4. The van der Waals surface area contributed by atoms with Gasteiger partial charge < -0.3 is 10.2 Å². The van der Waals surface area contributed by atoms with Crippen molar-refractivity contribution in [3.63, 3.8) is 0 Å². The summed E-state index contributed by atoms with van der Waals surface area (Å²) in [5, 5.41) is 4.00. The van der Waals surface area contributed by atoms with Crippen molar-refractivity contribution in [2.75, 3.05) is 25.9 Å². The maximum Gasteiger partial charge on any atom is 0.232 e. The van der Waals surface area contributed by atoms with E-state index in [0.717, 1.165) is 13.1 Å². The minimum absolute atomic E-state index is 0.229. The number of carbonyl (C=O) groups excluding carboxylic acids is 1. The average molecular weight is 278 g/mol. The molecular weight excluding hydrogens is 256 g/mol. The Balaban J connectivity index is 1.73. The van der Waals surface area contributed by atoms with Crippen LogP contribution >= 0.6 is 11.8 Å². The fourth-order valence-corrected chi connectivity index (χ4v) is 3.37. The van der Waals surface area contributed by atoms with Crippen molar-refractivity contribution in [3.05, 3.63) is 35.9 Å². The Morgan fingerprint density at radius 3 is 2.68 bits per heavy atom. The van der Waals surface area contributed by atoms with Gasteiger partial charge in [-0.3, -0.25) is 4.79 Å². The third-order valence-electron chi connectivity index (χ3n) is 3.42. The topological polar surface area (TPSA) is 32.3 Å². The summed E-state index contributed by atoms with van der Waals surface area (Å²) in [5.74, 6) is 0.834. The van der Waals surface area contributed by atoms with Gasteiger partial charge in [0.15, 0.2) is 0 Å². The van der Waals surface area contributed by atoms with Crippen molar-refractivity contribution in [2.45, 2.75) is 24.6 Å². The molecule has 0 spiro atoms. The van der Waals surface area contributed by atoms with E-state index in [4.69, 9.17) is 0 Å². The summed E-state index contributed by atoms with van der Waals surface area (Å²) in [5.41, 5.74) is 1.19. The van der Waals surface area contributed by atoms with E-state index in [9.17, 15) is 4.79 Å². The molecule has 1 saturated heterocycles. The SMILES string of the molecule is CN(Cc1ccccc1)C(=O)CSC1CCNCC1. The molecule has 4 heteroatoms. The number of rotatable bonds is 5. The molecule has 0 aliphatic carbocycles. The average Bonchev–Trinajstić information content (AvgIpc) is 2.47. The van der Waals surface area contributed by atoms with E-state index in [1.807, 2.05) is 41.9 Å². The van der Waals surface area contributed by atoms with Gasteiger partial charge in [-0.15, -0.1) is 11.8 Å². The highest BCUT2D eigenvalue weighted by Crippen LogP contribution is 2.20. The molecule has 104 valence electrons. The number of carbonyl (C=O) groups is 1. The molecule has 0 bridgehead atoms. The molecule has 0 aromatic heterocycles. The molecule has 0 saturated carbocycles. The van der Waals surface area contributed by atoms with E-state index in [-0.39, 0.29) is 5.91 Å². The van der Waals surface area contributed by atoms with Crippen molar-refractivity contribution in [1.82, 2.24) is 10.2 Å². The van der Waals surface area contributed by atoms with Crippen LogP contribution in [-0.4, -0.2) is 41.9 Å². The number of nitrogens with zero attached hydrogens (tertiary/aromatic N) is 1. The molecule has 1 fully saturated rings. The van der Waals surface area contributed by atoms with Gasteiger partial charge in [-0.2, -0.15) is 0 Å². The van der Waals surface area contributed by atoms with Gasteiger partial charge in [0.1, 0.15) is 0 Å². The van der Waals surface area contributed by atoms with E-state index in [1.54, 1.807) is 0 Å². The third kappa shape index (κ3) is 4.88. The van der Waals surface area contributed by atoms with Crippen molar-refractivity contribution in [3.8, 4) is 0 Å². The van der Waals surface area contributed by atoms with Crippen LogP contribution in [0.5, 0.6) is 0 Å². The highest BCUT2D eigenvalue weighted by Gasteiger charge is 2.16. The van der Waals surface area contributed by atoms with Crippen molar-refractivity contribution in [2.24, 2.45) is 0 Å². The number of thioether (sulfide) groups is 1. The molecule has 1 N–H and O–H groups in total. The van der Waals surface area contributed by atoms with Crippen LogP contribution in [0.3, 0.4) is 0 Å². The van der Waals surface area contributed by atoms with Crippen LogP contribution in [0.15, 0.2) is 30.3 Å². The summed E-state index contributed by atoms with van der Waals surface area (Å²) in [6.07, 6.45) is 2.36. The van der Waals surface area contributed by atoms with Crippen LogP contribution in [0.4, 0.5) is 0 Å². The number of nitrogens with one attached hydrogen (secondary N) is 1. The second-order valence-corrected chi connectivity index (χ2v) is 6.28. The van der Waals surface area contributed by atoms with E-state index in [0.29, 0.717) is 17.5 Å². The lowest BCUT2D eigenvalue weighted by molar-refractivity contribution is -0.127. The Hall–Kier alpha value is -1.00. The fourth-order valence-electron chi connectivity index (χ4n) is 2.21. The Morgan fingerprint density at radius 2 is 2.00 bits per heavy atom. The Labute approximate surface area is 119 Å². The zero-order valence-corrected chi connectivity index (χ0v) is 12.3. The lowest BCUT2D eigenvalue weighted by atomic mass is 10.2. The number of hydrogen-bond donors (Lipinski definition) is 1. The molecule has 19 heavy (non-hydrogen) atoms. The van der Waals surface area contributed by atoms with Gasteiger partial charge in [0, 0.05) is 18.8 Å². The lowest BCUT2D eigenvalue weighted by Crippen LogP contribution is -2.32. The maximum atomic E-state index is 12.1. The van der Waals surface area contributed by atoms with Gasteiger partial charge >= 0.3 is 0 Å². The second kappa shape index (κ2) is 7.56. The zero-order valence-electron chi connectivity index (χ0n) is 11.5. The maximum absolute atomic E-state index is 12.1. The lowest BCUT2D eigenvalue weighted by Gasteiger charge is -2.23. The molecule has 1 heterocycles. The van der Waals surface area contributed by atoms with Crippen LogP contribution in [0.25, 0.3) is 0 Å². The monoisotopic (exact) mass is 278 g/mol. The second-order valence-electron chi connectivity index (χ2n) is 5.00. The van der Waals surface area contributed by atoms with Gasteiger partial charge in [-0.1, -0.05) is 30.3 Å². The minimum atomic E-state index is 0.229. The molecule has 0 unspecified atom stereocenters. The van der Waals surface area contributed by atoms with Crippen LogP contribution < -0.4 is 5.32 Å². The largest absolute Gasteiger partial charge is 0.341 e. The summed E-state index contributed by atoms with van der Waals surface area (Å²) >= 11 is 1.81. The van der Waals surface area contributed by atoms with Crippen LogP contribution in [0.1, 0.15) is 18.4 Å². The molecule has 1 aliphatic rings. The molecule has 1 aliphatic heterocycles. The quantitative estimate of drug-likeness (QED) is 0.895. The van der Waals surface area contributed by atoms with Crippen LogP contribution in [-0.2, 0) is 11.3 Å². The van der Waals surface area contributed by atoms with E-state index in [1.165, 1.54) is 18.4 Å². The summed E-state index contributed by atoms with van der Waals surface area (Å²) in [6, 6.07) is 10.1. The molecule has 2 rings (SSSR count). The smallest absolute Gasteiger partial charge is 0.232 e. The number of piperidine rings is 1. The van der Waals surface area contributed by atoms with E-state index >= 15 is 0 Å². The molecule has 0 atom stereocenters. The van der Waals surface area contributed by atoms with Gasteiger partial charge in [0.05, 0.1) is 5.75 Å². The van der Waals surface area contributed by atoms with Crippen LogP contribution in [0, 0.1) is 0 Å². The van der Waals surface area contributed by atoms with Crippen molar-refractivity contribution >= 4 is 17.7 Å². The Kier molecular flexibility index (Phi) is 5.73. The first-order valence-corrected chi connectivity index (χ1v) is 7.91. The predicted octanol–water partition coefficient (Wildman–Crippen LogP) is 2.13. The standard InChI is InChI=1S/C15H22N2OS/c1-17(11-13-5-3-2-4-6-13)15(18)12-19-14-7-9-16-10-8-14/h2-6,14,16H,7-12H2,1H3. The summed E-state index contributed by atoms with van der Waals surface area (Å²) in [4.78, 5) is 13.9. The highest BCUT2D eigenvalue weighted by atomic mass is 32.2. The molecular formula is C15H22N2OS. The van der Waals surface area contributed by atoms with Gasteiger partial charge in [0.2, 0.25) is 5.91 Å². The van der Waals surface area contributed by atoms with E-state index < -0.39 is 0 Å². The summed E-state index contributed by atoms with van der Waals surface area (Å²) < 4.78 is 0. The summed E-state index contributed by atoms with van der Waals surface area (Å²) in [7, 11) is 1.89. The van der Waals surface area contributed by atoms with Crippen molar-refractivity contribution in [1.29, 1.82) is 0 Å². The van der Waals surface area contributed by atoms with Gasteiger partial charge in [0.25, 0.3) is 0 Å². The third-order valence-corrected chi connectivity index (χ3v) is 4.77. The normalized spacial score (nSPS) is 16.3. The molecule has 3 nitrogen and oxygen atoms in total. The van der Waals surface area contributed by atoms with Crippen LogP contribution in [0.2, 0.25) is 0 Å². The molecule has 1 aromatic rings. The first-order chi connectivity index (χ1) is 9.25. The number of benzene rings is 1. The van der Waals surface area contributed by atoms with Crippen molar-refractivity contribution < 1.29 is 4.79 Å². The fraction of sp³-hybridized carbons (Fsp3) is 0.533. The minimum Gasteiger partial charge on any atom is -0.341 e. The zero-order chi connectivity index (χ0) is 13.5. The predicted molar refractivity (Wildman–Crippen MR) is 81.3 cm³/mol. The Morgan fingerprint density at radius 1 is 1.32 bits per heavy atom. The van der Waals surface area contributed by atoms with E-state index in [2.05, 4.69) is 17.4 Å². The van der Waals surface area contributed by atoms with Gasteiger partial charge in [-0.25, -0.2) is 0 Å². The van der Waals surface area contributed by atoms with Gasteiger partial charge in [-0.05, 0) is 31.5 Å². The summed E-state index contributed by atoms with van der Waals surface area (Å²) in [6.45, 7) is 2.88. The first-order valence-electron chi connectivity index (χ1n) is 6.86. The molecule has 0 radical (unpaired) electrons. The number of amides is 1.